The molecule has 0 aliphatic carbocycles. The second kappa shape index (κ2) is 9.49. The maximum Gasteiger partial charge on any atom is 0.289 e. The fraction of sp³-hybridized carbons (Fsp3) is 0.308. The van der Waals surface area contributed by atoms with Crippen molar-refractivity contribution in [3.63, 3.8) is 0 Å². The summed E-state index contributed by atoms with van der Waals surface area (Å²) in [5.74, 6) is 5.37. The van der Waals surface area contributed by atoms with Gasteiger partial charge in [-0.3, -0.25) is 14.6 Å². The molecule has 2 amide bonds. The van der Waals surface area contributed by atoms with E-state index in [0.717, 1.165) is 11.3 Å². The highest BCUT2D eigenvalue weighted by Crippen LogP contribution is 2.31. The van der Waals surface area contributed by atoms with E-state index < -0.39 is 17.6 Å². The number of benzene rings is 2. The van der Waals surface area contributed by atoms with Crippen molar-refractivity contribution in [2.45, 2.75) is 31.9 Å². The normalized spacial score (nSPS) is 17.5. The molecule has 2 aromatic carbocycles. The lowest BCUT2D eigenvalue weighted by atomic mass is 10.1. The number of hydrogen-bond donors (Lipinski definition) is 2. The molecule has 2 aromatic rings. The first kappa shape index (κ1) is 23.2. The van der Waals surface area contributed by atoms with Gasteiger partial charge in [-0.25, -0.2) is 4.99 Å². The number of aliphatic hydroxyl groups is 1. The molecule has 2 N–H and O–H groups in total. The molecule has 2 heterocycles. The van der Waals surface area contributed by atoms with Gasteiger partial charge in [0, 0.05) is 24.7 Å². The lowest BCUT2D eigenvalue weighted by molar-refractivity contribution is -0.124. The first-order valence-electron chi connectivity index (χ1n) is 11.0. The van der Waals surface area contributed by atoms with Gasteiger partial charge in [0.15, 0.2) is 0 Å². The van der Waals surface area contributed by atoms with E-state index in [9.17, 15) is 14.7 Å². The molecule has 0 aromatic heterocycles. The molecule has 8 nitrogen and oxygen atoms in total. The van der Waals surface area contributed by atoms with E-state index in [-0.39, 0.29) is 18.3 Å². The van der Waals surface area contributed by atoms with Crippen LogP contribution in [0.15, 0.2) is 58.5 Å². The molecule has 174 valence electrons. The summed E-state index contributed by atoms with van der Waals surface area (Å²) in [7, 11) is 1.62. The zero-order valence-corrected chi connectivity index (χ0v) is 19.3. The Morgan fingerprint density at radius 2 is 2.03 bits per heavy atom. The predicted molar refractivity (Wildman–Crippen MR) is 130 cm³/mol. The van der Waals surface area contributed by atoms with Gasteiger partial charge in [-0.2, -0.15) is 0 Å². The molecule has 0 radical (unpaired) electrons. The highest BCUT2D eigenvalue weighted by atomic mass is 16.5. The van der Waals surface area contributed by atoms with Crippen LogP contribution in [0.4, 0.5) is 5.69 Å². The van der Waals surface area contributed by atoms with Gasteiger partial charge in [-0.1, -0.05) is 42.2 Å². The number of hydrogen-bond acceptors (Lipinski definition) is 6. The van der Waals surface area contributed by atoms with Crippen LogP contribution in [-0.4, -0.2) is 60.3 Å². The van der Waals surface area contributed by atoms with E-state index in [1.165, 1.54) is 4.90 Å². The third-order valence-electron chi connectivity index (χ3n) is 5.30. The van der Waals surface area contributed by atoms with E-state index in [4.69, 9.17) is 4.74 Å². The molecule has 0 saturated heterocycles. The van der Waals surface area contributed by atoms with Crippen molar-refractivity contribution < 1.29 is 19.4 Å². The zero-order valence-electron chi connectivity index (χ0n) is 19.3. The van der Waals surface area contributed by atoms with Crippen LogP contribution >= 0.6 is 0 Å². The minimum atomic E-state index is -1.13. The standard InChI is InChI=1S/C26H26N4O4/c1-26(2,33)12-11-18-9-10-22-21(14-18)30(3)25(32)20(16-34-22)29-24(31)23-27-15-19(28-23)13-17-7-5-4-6-8-17/h4-10,14,20,33H,13,15-16H2,1-3H3,(H,29,31). The second-order valence-electron chi connectivity index (χ2n) is 8.71. The molecule has 34 heavy (non-hydrogen) atoms. The summed E-state index contributed by atoms with van der Waals surface area (Å²) < 4.78 is 5.82. The van der Waals surface area contributed by atoms with Gasteiger partial charge in [-0.15, -0.1) is 0 Å². The molecular weight excluding hydrogens is 432 g/mol. The van der Waals surface area contributed by atoms with Crippen molar-refractivity contribution in [1.29, 1.82) is 0 Å². The van der Waals surface area contributed by atoms with Crippen molar-refractivity contribution >= 4 is 29.0 Å². The number of nitrogens with zero attached hydrogens (tertiary/aromatic N) is 3. The van der Waals surface area contributed by atoms with Crippen LogP contribution < -0.4 is 15.0 Å². The minimum Gasteiger partial charge on any atom is -0.489 e. The molecule has 0 spiro atoms. The molecule has 0 bridgehead atoms. The van der Waals surface area contributed by atoms with E-state index in [1.54, 1.807) is 39.1 Å². The van der Waals surface area contributed by atoms with Gasteiger partial charge in [0.2, 0.25) is 5.84 Å². The average molecular weight is 459 g/mol. The van der Waals surface area contributed by atoms with Crippen LogP contribution in [0.3, 0.4) is 0 Å². The lowest BCUT2D eigenvalue weighted by Crippen LogP contribution is -2.50. The smallest absolute Gasteiger partial charge is 0.289 e. The number of carbonyl (C=O) groups is 2. The highest BCUT2D eigenvalue weighted by molar-refractivity contribution is 6.41. The summed E-state index contributed by atoms with van der Waals surface area (Å²) in [6.45, 7) is 3.52. The van der Waals surface area contributed by atoms with Gasteiger partial charge < -0.3 is 20.1 Å². The minimum absolute atomic E-state index is 0.0233. The van der Waals surface area contributed by atoms with Crippen LogP contribution in [-0.2, 0) is 16.0 Å². The average Bonchev–Trinajstić information content (AvgIpc) is 3.24. The fourth-order valence-corrected chi connectivity index (χ4v) is 3.56. The first-order valence-corrected chi connectivity index (χ1v) is 11.0. The molecule has 8 heteroatoms. The summed E-state index contributed by atoms with van der Waals surface area (Å²) >= 11 is 0. The number of amides is 2. The Hall–Kier alpha value is -3.96. The maximum absolute atomic E-state index is 13.1. The van der Waals surface area contributed by atoms with Crippen molar-refractivity contribution in [3.05, 3.63) is 59.7 Å². The van der Waals surface area contributed by atoms with E-state index >= 15 is 0 Å². The van der Waals surface area contributed by atoms with Gasteiger partial charge in [0.05, 0.1) is 12.2 Å². The van der Waals surface area contributed by atoms with Crippen LogP contribution in [0.2, 0.25) is 0 Å². The molecule has 2 aliphatic heterocycles. The monoisotopic (exact) mass is 458 g/mol. The number of amidine groups is 1. The third-order valence-corrected chi connectivity index (χ3v) is 5.30. The Morgan fingerprint density at radius 1 is 1.26 bits per heavy atom. The quantitative estimate of drug-likeness (QED) is 0.681. The highest BCUT2D eigenvalue weighted by Gasteiger charge is 2.32. The largest absolute Gasteiger partial charge is 0.489 e. The molecule has 1 unspecified atom stereocenters. The summed E-state index contributed by atoms with van der Waals surface area (Å²) in [4.78, 5) is 35.9. The third kappa shape index (κ3) is 5.50. The van der Waals surface area contributed by atoms with Gasteiger partial charge in [0.1, 0.15) is 24.0 Å². The Bertz CT molecular complexity index is 1230. The van der Waals surface area contributed by atoms with E-state index in [0.29, 0.717) is 30.0 Å². The zero-order chi connectivity index (χ0) is 24.3. The number of rotatable bonds is 4. The Labute approximate surface area is 198 Å². The number of carbonyl (C=O) groups excluding carboxylic acids is 2. The van der Waals surface area contributed by atoms with E-state index in [2.05, 4.69) is 27.1 Å². The Morgan fingerprint density at radius 3 is 2.76 bits per heavy atom. The van der Waals surface area contributed by atoms with Crippen LogP contribution in [0.25, 0.3) is 0 Å². The molecule has 0 saturated carbocycles. The number of ether oxygens (including phenoxy) is 1. The van der Waals surface area contributed by atoms with E-state index in [1.807, 2.05) is 30.3 Å². The van der Waals surface area contributed by atoms with Crippen molar-refractivity contribution in [3.8, 4) is 17.6 Å². The van der Waals surface area contributed by atoms with Crippen molar-refractivity contribution in [1.82, 2.24) is 5.32 Å². The lowest BCUT2D eigenvalue weighted by Gasteiger charge is -2.20. The molecule has 2 aliphatic rings. The fourth-order valence-electron chi connectivity index (χ4n) is 3.56. The summed E-state index contributed by atoms with van der Waals surface area (Å²) in [5.41, 5.74) is 1.92. The van der Waals surface area contributed by atoms with Crippen molar-refractivity contribution in [2.24, 2.45) is 9.98 Å². The topological polar surface area (TPSA) is 104 Å². The summed E-state index contributed by atoms with van der Waals surface area (Å²) in [5, 5.41) is 12.5. The maximum atomic E-state index is 13.1. The number of aliphatic imine (C=N–C) groups is 2. The molecular formula is C26H26N4O4. The second-order valence-corrected chi connectivity index (χ2v) is 8.71. The number of anilines is 1. The van der Waals surface area contributed by atoms with Gasteiger partial charge in [0.25, 0.3) is 11.8 Å². The number of nitrogens with one attached hydrogen (secondary N) is 1. The number of likely N-dealkylation sites (N-methyl/N-ethyl adjacent to an activating group) is 1. The molecule has 1 atom stereocenters. The summed E-state index contributed by atoms with van der Waals surface area (Å²) in [6, 6.07) is 14.1. The molecule has 0 fully saturated rings. The van der Waals surface area contributed by atoms with Gasteiger partial charge >= 0.3 is 0 Å². The van der Waals surface area contributed by atoms with Crippen LogP contribution in [0, 0.1) is 11.8 Å². The van der Waals surface area contributed by atoms with Crippen LogP contribution in [0.5, 0.6) is 5.75 Å². The van der Waals surface area contributed by atoms with Crippen LogP contribution in [0.1, 0.15) is 25.0 Å². The Kier molecular flexibility index (Phi) is 6.48. The van der Waals surface area contributed by atoms with Crippen molar-refractivity contribution in [2.75, 3.05) is 25.1 Å². The Balaban J connectivity index is 1.44. The predicted octanol–water partition coefficient (Wildman–Crippen LogP) is 1.74. The molecule has 4 rings (SSSR count). The SMILES string of the molecule is CN1C(=O)C(NC(=O)C2=NCC(Cc3ccccc3)=N2)COc2ccc(C#CC(C)(C)O)cc21. The summed E-state index contributed by atoms with van der Waals surface area (Å²) in [6.07, 6.45) is 0.614. The first-order chi connectivity index (χ1) is 16.2. The van der Waals surface area contributed by atoms with Gasteiger partial charge in [-0.05, 0) is 37.6 Å². The number of fused-ring (bicyclic) bond motifs is 1.